The van der Waals surface area contributed by atoms with Crippen LogP contribution in [-0.2, 0) is 4.79 Å². The minimum atomic E-state index is -0.156. The Bertz CT molecular complexity index is 340. The second-order valence-corrected chi connectivity index (χ2v) is 8.61. The molecule has 0 saturated heterocycles. The van der Waals surface area contributed by atoms with E-state index < -0.39 is 0 Å². The molecule has 0 aromatic rings. The van der Waals surface area contributed by atoms with Gasteiger partial charge >= 0.3 is 0 Å². The predicted octanol–water partition coefficient (Wildman–Crippen LogP) is 7.64. The molecule has 3 heteroatoms. The van der Waals surface area contributed by atoms with Crippen molar-refractivity contribution in [2.45, 2.75) is 129 Å². The van der Waals surface area contributed by atoms with E-state index in [4.69, 9.17) is 5.73 Å². The maximum Gasteiger partial charge on any atom is 0.217 e. The molecule has 0 aliphatic carbocycles. The summed E-state index contributed by atoms with van der Waals surface area (Å²) in [5.41, 5.74) is 5.13. The number of primary amides is 1. The molecule has 0 rings (SSSR count). The van der Waals surface area contributed by atoms with Crippen LogP contribution in [0.1, 0.15) is 129 Å². The van der Waals surface area contributed by atoms with Crippen molar-refractivity contribution in [2.24, 2.45) is 5.73 Å². The summed E-state index contributed by atoms with van der Waals surface area (Å²) in [4.78, 5) is 12.7. The fourth-order valence-electron chi connectivity index (χ4n) is 3.08. The Morgan fingerprint density at radius 1 is 0.655 bits per heavy atom. The van der Waals surface area contributed by atoms with E-state index >= 15 is 0 Å². The third kappa shape index (κ3) is 35.0. The van der Waals surface area contributed by atoms with Gasteiger partial charge < -0.3 is 10.6 Å². The Kier molecular flexibility index (Phi) is 28.4. The quantitative estimate of drug-likeness (QED) is 0.165. The zero-order valence-electron chi connectivity index (χ0n) is 20.5. The van der Waals surface area contributed by atoms with Gasteiger partial charge in [0.1, 0.15) is 0 Å². The van der Waals surface area contributed by atoms with E-state index in [-0.39, 0.29) is 5.91 Å². The summed E-state index contributed by atoms with van der Waals surface area (Å²) in [5, 5.41) is 0. The second-order valence-electron chi connectivity index (χ2n) is 8.61. The first-order chi connectivity index (χ1) is 14.0. The lowest BCUT2D eigenvalue weighted by molar-refractivity contribution is -0.118. The highest BCUT2D eigenvalue weighted by atomic mass is 16.1. The Hall–Kier alpha value is -0.830. The van der Waals surface area contributed by atoms with E-state index in [1.165, 1.54) is 96.3 Å². The first kappa shape index (κ1) is 30.4. The highest BCUT2D eigenvalue weighted by molar-refractivity contribution is 5.73. The average molecular weight is 411 g/mol. The van der Waals surface area contributed by atoms with Crippen LogP contribution < -0.4 is 5.73 Å². The summed E-state index contributed by atoms with van der Waals surface area (Å²) >= 11 is 0. The monoisotopic (exact) mass is 410 g/mol. The summed E-state index contributed by atoms with van der Waals surface area (Å²) in [6, 6.07) is 0. The lowest BCUT2D eigenvalue weighted by atomic mass is 10.1. The van der Waals surface area contributed by atoms with Crippen LogP contribution in [-0.4, -0.2) is 31.4 Å². The van der Waals surface area contributed by atoms with Gasteiger partial charge in [0, 0.05) is 6.42 Å². The Morgan fingerprint density at radius 2 is 1.00 bits per heavy atom. The Morgan fingerprint density at radius 3 is 1.34 bits per heavy atom. The van der Waals surface area contributed by atoms with Crippen molar-refractivity contribution in [1.82, 2.24) is 4.90 Å². The topological polar surface area (TPSA) is 46.3 Å². The number of carbonyl (C=O) groups is 1. The molecule has 0 aromatic carbocycles. The van der Waals surface area contributed by atoms with Crippen LogP contribution in [0.4, 0.5) is 0 Å². The van der Waals surface area contributed by atoms with Gasteiger partial charge in [0.05, 0.1) is 0 Å². The van der Waals surface area contributed by atoms with Crippen LogP contribution in [0.25, 0.3) is 0 Å². The van der Waals surface area contributed by atoms with Gasteiger partial charge in [-0.1, -0.05) is 103 Å². The van der Waals surface area contributed by atoms with Crippen molar-refractivity contribution in [3.63, 3.8) is 0 Å². The zero-order valence-corrected chi connectivity index (χ0v) is 20.5. The van der Waals surface area contributed by atoms with Crippen LogP contribution in [0.5, 0.6) is 0 Å². The van der Waals surface area contributed by atoms with Crippen molar-refractivity contribution < 1.29 is 4.79 Å². The predicted molar refractivity (Wildman–Crippen MR) is 131 cm³/mol. The van der Waals surface area contributed by atoms with Crippen molar-refractivity contribution in [2.75, 3.05) is 20.6 Å². The molecule has 0 saturated carbocycles. The standard InChI is InChI=1S/C22H43NO.C4H11N/c1-2-3-4-5-6-7-8-9-10-11-12-13-14-15-16-17-18-19-20-21-22(23)24;1-4-5(2)3/h9-10H,2-8,11-21H2,1H3,(H2,23,24);4H2,1-3H3/b10-9-;. The average Bonchev–Trinajstić information content (AvgIpc) is 2.70. The first-order valence-electron chi connectivity index (χ1n) is 12.6. The molecule has 1 amide bonds. The number of hydrogen-bond donors (Lipinski definition) is 1. The summed E-state index contributed by atoms with van der Waals surface area (Å²) in [5.74, 6) is -0.156. The molecular weight excluding hydrogens is 356 g/mol. The molecule has 0 aliphatic heterocycles. The summed E-state index contributed by atoms with van der Waals surface area (Å²) in [6.45, 7) is 5.54. The SMILES string of the molecule is CCCCCCCC/C=C\CCCCCCCCCCCC(N)=O.CCN(C)C. The molecule has 0 bridgehead atoms. The smallest absolute Gasteiger partial charge is 0.217 e. The molecular formula is C26H54N2O. The van der Waals surface area contributed by atoms with Gasteiger partial charge in [-0.05, 0) is 52.7 Å². The third-order valence-corrected chi connectivity index (χ3v) is 5.32. The highest BCUT2D eigenvalue weighted by Gasteiger charge is 1.95. The Balaban J connectivity index is 0. The van der Waals surface area contributed by atoms with E-state index in [9.17, 15) is 4.79 Å². The molecule has 0 unspecified atom stereocenters. The molecule has 0 radical (unpaired) electrons. The third-order valence-electron chi connectivity index (χ3n) is 5.32. The highest BCUT2D eigenvalue weighted by Crippen LogP contribution is 2.12. The van der Waals surface area contributed by atoms with Gasteiger partial charge in [-0.25, -0.2) is 0 Å². The molecule has 0 atom stereocenters. The van der Waals surface area contributed by atoms with Gasteiger partial charge in [-0.3, -0.25) is 4.79 Å². The van der Waals surface area contributed by atoms with Crippen LogP contribution in [0, 0.1) is 0 Å². The second kappa shape index (κ2) is 27.2. The van der Waals surface area contributed by atoms with Gasteiger partial charge in [0.2, 0.25) is 5.91 Å². The summed E-state index contributed by atoms with van der Waals surface area (Å²) in [6.07, 6.45) is 27.8. The van der Waals surface area contributed by atoms with Crippen LogP contribution in [0.2, 0.25) is 0 Å². The number of amides is 1. The fraction of sp³-hybridized carbons (Fsp3) is 0.885. The molecule has 0 fully saturated rings. The molecule has 29 heavy (non-hydrogen) atoms. The van der Waals surface area contributed by atoms with Gasteiger partial charge in [-0.2, -0.15) is 0 Å². The lowest BCUT2D eigenvalue weighted by Gasteiger charge is -2.01. The lowest BCUT2D eigenvalue weighted by Crippen LogP contribution is -2.09. The number of nitrogens with two attached hydrogens (primary N) is 1. The van der Waals surface area contributed by atoms with Crippen molar-refractivity contribution in [3.8, 4) is 0 Å². The van der Waals surface area contributed by atoms with E-state index in [0.29, 0.717) is 6.42 Å². The molecule has 174 valence electrons. The van der Waals surface area contributed by atoms with Gasteiger partial charge in [0.25, 0.3) is 0 Å². The molecule has 2 N–H and O–H groups in total. The molecule has 0 heterocycles. The van der Waals surface area contributed by atoms with Crippen LogP contribution >= 0.6 is 0 Å². The number of allylic oxidation sites excluding steroid dienone is 2. The first-order valence-corrected chi connectivity index (χ1v) is 12.6. The number of nitrogens with zero attached hydrogens (tertiary/aromatic N) is 1. The Labute approximate surface area is 183 Å². The zero-order chi connectivity index (χ0) is 22.0. The molecule has 0 aromatic heterocycles. The van der Waals surface area contributed by atoms with E-state index in [1.54, 1.807) is 0 Å². The summed E-state index contributed by atoms with van der Waals surface area (Å²) < 4.78 is 0. The van der Waals surface area contributed by atoms with Crippen molar-refractivity contribution >= 4 is 5.91 Å². The van der Waals surface area contributed by atoms with Gasteiger partial charge in [0.15, 0.2) is 0 Å². The number of carbonyl (C=O) groups excluding carboxylic acids is 1. The normalized spacial score (nSPS) is 11.1. The number of rotatable bonds is 20. The van der Waals surface area contributed by atoms with Crippen molar-refractivity contribution in [3.05, 3.63) is 12.2 Å². The number of unbranched alkanes of at least 4 members (excludes halogenated alkanes) is 15. The molecule has 0 spiro atoms. The minimum Gasteiger partial charge on any atom is -0.370 e. The minimum absolute atomic E-state index is 0.156. The van der Waals surface area contributed by atoms with Crippen molar-refractivity contribution in [1.29, 1.82) is 0 Å². The maximum absolute atomic E-state index is 10.6. The number of hydrogen-bond acceptors (Lipinski definition) is 2. The fourth-order valence-corrected chi connectivity index (χ4v) is 3.08. The van der Waals surface area contributed by atoms with Crippen LogP contribution in [0.15, 0.2) is 12.2 Å². The van der Waals surface area contributed by atoms with Gasteiger partial charge in [-0.15, -0.1) is 0 Å². The van der Waals surface area contributed by atoms with E-state index in [1.807, 2.05) is 0 Å². The summed E-state index contributed by atoms with van der Waals surface area (Å²) in [7, 11) is 4.11. The largest absolute Gasteiger partial charge is 0.370 e. The molecule has 0 aliphatic rings. The van der Waals surface area contributed by atoms with E-state index in [0.717, 1.165) is 19.4 Å². The molecule has 3 nitrogen and oxygen atoms in total. The maximum atomic E-state index is 10.6. The van der Waals surface area contributed by atoms with E-state index in [2.05, 4.69) is 45.0 Å². The van der Waals surface area contributed by atoms with Crippen LogP contribution in [0.3, 0.4) is 0 Å².